The van der Waals surface area contributed by atoms with E-state index in [1.165, 1.54) is 6.92 Å². The van der Waals surface area contributed by atoms with Crippen LogP contribution in [-0.2, 0) is 9.53 Å². The zero-order valence-corrected chi connectivity index (χ0v) is 9.98. The fraction of sp³-hybridized carbons (Fsp3) is 0.909. The van der Waals surface area contributed by atoms with Crippen LogP contribution in [0.25, 0.3) is 0 Å². The van der Waals surface area contributed by atoms with Gasteiger partial charge in [-0.2, -0.15) is 0 Å². The van der Waals surface area contributed by atoms with E-state index in [4.69, 9.17) is 15.6 Å². The van der Waals surface area contributed by atoms with Gasteiger partial charge in [-0.15, -0.1) is 0 Å². The molecule has 2 unspecified atom stereocenters. The first-order valence-corrected chi connectivity index (χ1v) is 5.86. The summed E-state index contributed by atoms with van der Waals surface area (Å²) in [6, 6.07) is -0.401. The first kappa shape index (κ1) is 13.4. The predicted octanol–water partition coefficient (Wildman–Crippen LogP) is -0.232. The van der Waals surface area contributed by atoms with Crippen molar-refractivity contribution < 1.29 is 14.6 Å². The van der Waals surface area contributed by atoms with E-state index in [0.717, 1.165) is 25.7 Å². The van der Waals surface area contributed by atoms with E-state index < -0.39 is 18.1 Å². The number of carbonyl (C=O) groups is 1. The van der Waals surface area contributed by atoms with Gasteiger partial charge in [0.15, 0.2) is 0 Å². The molecule has 0 aromatic carbocycles. The second-order valence-corrected chi connectivity index (χ2v) is 4.47. The third-order valence-electron chi connectivity index (χ3n) is 3.16. The monoisotopic (exact) mass is 230 g/mol. The summed E-state index contributed by atoms with van der Waals surface area (Å²) >= 11 is 0. The third kappa shape index (κ3) is 3.73. The molecule has 0 heterocycles. The van der Waals surface area contributed by atoms with Gasteiger partial charge >= 0.3 is 5.97 Å². The second-order valence-electron chi connectivity index (χ2n) is 4.47. The molecule has 0 aromatic rings. The number of aliphatic hydroxyl groups is 1. The lowest BCUT2D eigenvalue weighted by Crippen LogP contribution is -2.44. The first-order valence-electron chi connectivity index (χ1n) is 5.86. The van der Waals surface area contributed by atoms with E-state index in [9.17, 15) is 4.79 Å². The Balaban J connectivity index is 2.31. The molecule has 0 radical (unpaired) electrons. The summed E-state index contributed by atoms with van der Waals surface area (Å²) < 4.78 is 5.26. The van der Waals surface area contributed by atoms with Crippen molar-refractivity contribution in [2.24, 2.45) is 5.73 Å². The molecular weight excluding hydrogens is 208 g/mol. The lowest BCUT2D eigenvalue weighted by atomic mass is 9.93. The van der Waals surface area contributed by atoms with Crippen molar-refractivity contribution in [1.29, 1.82) is 0 Å². The minimum Gasteiger partial charge on any atom is -0.461 e. The van der Waals surface area contributed by atoms with Crippen LogP contribution in [0.15, 0.2) is 0 Å². The van der Waals surface area contributed by atoms with Crippen LogP contribution in [0, 0.1) is 0 Å². The second kappa shape index (κ2) is 6.18. The first-order chi connectivity index (χ1) is 7.54. The van der Waals surface area contributed by atoms with E-state index in [1.807, 2.05) is 7.05 Å². The zero-order valence-electron chi connectivity index (χ0n) is 9.98. The number of rotatable bonds is 4. The largest absolute Gasteiger partial charge is 0.461 e. The van der Waals surface area contributed by atoms with Gasteiger partial charge in [-0.05, 0) is 39.7 Å². The van der Waals surface area contributed by atoms with Gasteiger partial charge in [-0.1, -0.05) is 0 Å². The fourth-order valence-corrected chi connectivity index (χ4v) is 1.91. The molecule has 1 fully saturated rings. The average Bonchev–Trinajstić information content (AvgIpc) is 2.28. The van der Waals surface area contributed by atoms with E-state index in [1.54, 1.807) is 0 Å². The Hall–Kier alpha value is -0.650. The number of nitrogens with two attached hydrogens (primary N) is 1. The van der Waals surface area contributed by atoms with Crippen molar-refractivity contribution in [3.63, 3.8) is 0 Å². The minimum atomic E-state index is -0.929. The van der Waals surface area contributed by atoms with Crippen molar-refractivity contribution in [3.8, 4) is 0 Å². The number of ether oxygens (including phenoxy) is 1. The Morgan fingerprint density at radius 3 is 2.44 bits per heavy atom. The molecule has 5 heteroatoms. The molecule has 5 nitrogen and oxygen atoms in total. The van der Waals surface area contributed by atoms with Gasteiger partial charge in [-0.25, -0.2) is 0 Å². The summed E-state index contributed by atoms with van der Waals surface area (Å²) in [4.78, 5) is 11.5. The molecule has 0 bridgehead atoms. The molecule has 2 atom stereocenters. The summed E-state index contributed by atoms with van der Waals surface area (Å²) in [7, 11) is 1.94. The molecule has 1 rings (SSSR count). The number of hydrogen-bond donors (Lipinski definition) is 3. The Morgan fingerprint density at radius 1 is 1.44 bits per heavy atom. The maximum absolute atomic E-state index is 11.5. The van der Waals surface area contributed by atoms with Crippen LogP contribution in [-0.4, -0.2) is 42.4 Å². The Morgan fingerprint density at radius 2 is 2.00 bits per heavy atom. The minimum absolute atomic E-state index is 0.0399. The van der Waals surface area contributed by atoms with Gasteiger partial charge in [0.1, 0.15) is 12.1 Å². The molecule has 0 spiro atoms. The highest BCUT2D eigenvalue weighted by Gasteiger charge is 2.27. The van der Waals surface area contributed by atoms with Gasteiger partial charge in [0.25, 0.3) is 0 Å². The van der Waals surface area contributed by atoms with Crippen molar-refractivity contribution in [1.82, 2.24) is 5.32 Å². The lowest BCUT2D eigenvalue weighted by molar-refractivity contribution is -0.154. The topological polar surface area (TPSA) is 84.6 Å². The molecule has 0 aliphatic heterocycles. The van der Waals surface area contributed by atoms with E-state index in [2.05, 4.69) is 5.32 Å². The van der Waals surface area contributed by atoms with Crippen molar-refractivity contribution >= 4 is 5.97 Å². The SMILES string of the molecule is CNC1CCC(OC(=O)C(N)C(C)O)CC1. The highest BCUT2D eigenvalue weighted by molar-refractivity contribution is 5.76. The fourth-order valence-electron chi connectivity index (χ4n) is 1.91. The smallest absolute Gasteiger partial charge is 0.325 e. The third-order valence-corrected chi connectivity index (χ3v) is 3.16. The van der Waals surface area contributed by atoms with Crippen LogP contribution in [0.5, 0.6) is 0 Å². The summed E-state index contributed by atoms with van der Waals surface area (Å²) in [5.41, 5.74) is 5.49. The summed E-state index contributed by atoms with van der Waals surface area (Å²) in [5.74, 6) is -0.497. The maximum Gasteiger partial charge on any atom is 0.325 e. The summed E-state index contributed by atoms with van der Waals surface area (Å²) in [6.45, 7) is 1.49. The summed E-state index contributed by atoms with van der Waals surface area (Å²) in [5, 5.41) is 12.4. The quantitative estimate of drug-likeness (QED) is 0.581. The van der Waals surface area contributed by atoms with Crippen LogP contribution >= 0.6 is 0 Å². The van der Waals surface area contributed by atoms with Crippen LogP contribution in [0.2, 0.25) is 0 Å². The van der Waals surface area contributed by atoms with Gasteiger partial charge in [0.2, 0.25) is 0 Å². The molecule has 4 N–H and O–H groups in total. The van der Waals surface area contributed by atoms with Gasteiger partial charge in [-0.3, -0.25) is 4.79 Å². The normalized spacial score (nSPS) is 29.5. The molecule has 94 valence electrons. The van der Waals surface area contributed by atoms with Gasteiger partial charge in [0.05, 0.1) is 6.10 Å². The predicted molar refractivity (Wildman–Crippen MR) is 60.9 cm³/mol. The van der Waals surface area contributed by atoms with Crippen LogP contribution in [0.3, 0.4) is 0 Å². The van der Waals surface area contributed by atoms with Gasteiger partial charge in [0, 0.05) is 6.04 Å². The Kier molecular flexibility index (Phi) is 5.18. The molecule has 0 saturated heterocycles. The van der Waals surface area contributed by atoms with Gasteiger partial charge < -0.3 is 20.9 Å². The molecule has 0 amide bonds. The van der Waals surface area contributed by atoms with E-state index in [-0.39, 0.29) is 6.10 Å². The van der Waals surface area contributed by atoms with Crippen LogP contribution in [0.1, 0.15) is 32.6 Å². The number of hydrogen-bond acceptors (Lipinski definition) is 5. The molecule has 1 saturated carbocycles. The number of esters is 1. The van der Waals surface area contributed by atoms with Crippen LogP contribution in [0.4, 0.5) is 0 Å². The van der Waals surface area contributed by atoms with E-state index >= 15 is 0 Å². The van der Waals surface area contributed by atoms with Crippen molar-refractivity contribution in [2.45, 2.75) is 56.9 Å². The highest BCUT2D eigenvalue weighted by Crippen LogP contribution is 2.21. The number of carbonyl (C=O) groups excluding carboxylic acids is 1. The number of nitrogens with one attached hydrogen (secondary N) is 1. The standard InChI is InChI=1S/C11H22N2O3/c1-7(14)10(12)11(15)16-9-5-3-8(13-2)4-6-9/h7-10,13-14H,3-6,12H2,1-2H3. The molecule has 1 aliphatic rings. The molecule has 16 heavy (non-hydrogen) atoms. The Bertz CT molecular complexity index is 225. The molecule has 0 aromatic heterocycles. The van der Waals surface area contributed by atoms with Crippen molar-refractivity contribution in [3.05, 3.63) is 0 Å². The molecular formula is C11H22N2O3. The highest BCUT2D eigenvalue weighted by atomic mass is 16.5. The lowest BCUT2D eigenvalue weighted by Gasteiger charge is -2.29. The molecule has 1 aliphatic carbocycles. The number of aliphatic hydroxyl groups excluding tert-OH is 1. The van der Waals surface area contributed by atoms with Crippen molar-refractivity contribution in [2.75, 3.05) is 7.05 Å². The Labute approximate surface area is 96.3 Å². The average molecular weight is 230 g/mol. The van der Waals surface area contributed by atoms with E-state index in [0.29, 0.717) is 6.04 Å². The summed E-state index contributed by atoms with van der Waals surface area (Å²) in [6.07, 6.45) is 2.85. The van der Waals surface area contributed by atoms with Crippen LogP contribution < -0.4 is 11.1 Å². The maximum atomic E-state index is 11.5. The zero-order chi connectivity index (χ0) is 12.1.